The summed E-state index contributed by atoms with van der Waals surface area (Å²) in [6.45, 7) is 6.02. The van der Waals surface area contributed by atoms with Crippen molar-refractivity contribution in [2.24, 2.45) is 5.14 Å². The molecule has 2 aromatic rings. The lowest BCUT2D eigenvalue weighted by Crippen LogP contribution is -2.54. The van der Waals surface area contributed by atoms with Gasteiger partial charge in [0.05, 0.1) is 10.4 Å². The van der Waals surface area contributed by atoms with Crippen molar-refractivity contribution in [3.05, 3.63) is 24.7 Å². The Labute approximate surface area is 123 Å². The van der Waals surface area contributed by atoms with Gasteiger partial charge in [-0.25, -0.2) is 18.5 Å². The molecule has 3 rings (SSSR count). The van der Waals surface area contributed by atoms with Gasteiger partial charge in [0.1, 0.15) is 6.33 Å². The summed E-state index contributed by atoms with van der Waals surface area (Å²) in [5.41, 5.74) is 0.878. The van der Waals surface area contributed by atoms with Crippen molar-refractivity contribution in [2.45, 2.75) is 30.8 Å². The van der Waals surface area contributed by atoms with Crippen molar-refractivity contribution in [1.82, 2.24) is 14.7 Å². The molecule has 0 spiro atoms. The number of rotatable bonds is 2. The van der Waals surface area contributed by atoms with E-state index in [1.807, 2.05) is 0 Å². The monoisotopic (exact) mass is 309 g/mol. The Kier molecular flexibility index (Phi) is 3.39. The summed E-state index contributed by atoms with van der Waals surface area (Å²) in [5, 5.41) is 8.63. The second kappa shape index (κ2) is 4.97. The summed E-state index contributed by atoms with van der Waals surface area (Å²) in [6.07, 6.45) is 3.12. The van der Waals surface area contributed by atoms with Crippen LogP contribution in [0, 0.1) is 0 Å². The molecule has 1 aliphatic rings. The maximum Gasteiger partial charge on any atom is 0.239 e. The molecule has 0 radical (unpaired) electrons. The number of sulfonamides is 1. The third-order valence-corrected chi connectivity index (χ3v) is 4.57. The van der Waals surface area contributed by atoms with Crippen LogP contribution in [0.1, 0.15) is 13.8 Å². The van der Waals surface area contributed by atoms with Gasteiger partial charge < -0.3 is 14.6 Å². The first kappa shape index (κ1) is 14.3. The molecule has 0 saturated carbocycles. The van der Waals surface area contributed by atoms with E-state index < -0.39 is 10.0 Å². The van der Waals surface area contributed by atoms with Crippen LogP contribution < -0.4 is 15.4 Å². The van der Waals surface area contributed by atoms with E-state index in [-0.39, 0.29) is 4.90 Å². The van der Waals surface area contributed by atoms with Crippen LogP contribution in [0.15, 0.2) is 29.6 Å². The van der Waals surface area contributed by atoms with Gasteiger partial charge in [-0.1, -0.05) is 0 Å². The molecule has 21 heavy (non-hydrogen) atoms. The summed E-state index contributed by atoms with van der Waals surface area (Å²) in [6, 6.07) is 4.04. The van der Waals surface area contributed by atoms with Crippen molar-refractivity contribution in [2.75, 3.05) is 18.0 Å². The highest BCUT2D eigenvalue weighted by molar-refractivity contribution is 7.89. The summed E-state index contributed by atoms with van der Waals surface area (Å²) in [5.74, 6) is 0.871. The number of piperazine rings is 1. The fourth-order valence-electron chi connectivity index (χ4n) is 2.88. The summed E-state index contributed by atoms with van der Waals surface area (Å²) in [4.78, 5) is 6.74. The first-order valence-corrected chi connectivity index (χ1v) is 8.40. The maximum atomic E-state index is 11.4. The van der Waals surface area contributed by atoms with E-state index in [2.05, 4.69) is 29.0 Å². The molecule has 114 valence electrons. The third kappa shape index (κ3) is 2.74. The van der Waals surface area contributed by atoms with Crippen LogP contribution in [0.25, 0.3) is 5.52 Å². The lowest BCUT2D eigenvalue weighted by molar-refractivity contribution is 0.406. The molecule has 1 aliphatic heterocycles. The van der Waals surface area contributed by atoms with Gasteiger partial charge in [0.25, 0.3) is 0 Å². The Balaban J connectivity index is 2.01. The van der Waals surface area contributed by atoms with E-state index in [0.29, 0.717) is 12.1 Å². The lowest BCUT2D eigenvalue weighted by atomic mass is 10.1. The van der Waals surface area contributed by atoms with Gasteiger partial charge in [-0.2, -0.15) is 0 Å². The van der Waals surface area contributed by atoms with Crippen LogP contribution >= 0.6 is 0 Å². The number of aromatic nitrogens is 2. The van der Waals surface area contributed by atoms with E-state index >= 15 is 0 Å². The zero-order valence-electron chi connectivity index (χ0n) is 12.0. The molecular formula is C13H19N5O2S. The molecule has 1 saturated heterocycles. The van der Waals surface area contributed by atoms with Crippen molar-refractivity contribution in [3.8, 4) is 0 Å². The van der Waals surface area contributed by atoms with Crippen LogP contribution in [0.2, 0.25) is 0 Å². The van der Waals surface area contributed by atoms with Crippen LogP contribution in [-0.4, -0.2) is 43.0 Å². The SMILES string of the molecule is C[C@H]1CN(c2ncn3cc(S(N)(=O)=O)ccc23)C[C@H](C)N1. The summed E-state index contributed by atoms with van der Waals surface area (Å²) in [7, 11) is -3.70. The van der Waals surface area contributed by atoms with Crippen molar-refractivity contribution in [3.63, 3.8) is 0 Å². The maximum absolute atomic E-state index is 11.4. The Morgan fingerprint density at radius 3 is 2.57 bits per heavy atom. The zero-order chi connectivity index (χ0) is 15.2. The van der Waals surface area contributed by atoms with Gasteiger partial charge >= 0.3 is 0 Å². The molecule has 3 N–H and O–H groups in total. The number of nitrogens with zero attached hydrogens (tertiary/aromatic N) is 3. The number of hydrogen-bond acceptors (Lipinski definition) is 5. The standard InChI is InChI=1S/C13H19N5O2S/c1-9-5-17(6-10(2)16-9)13-12-4-3-11(21(14,19)20)7-18(12)8-15-13/h3-4,7-10,16H,5-6H2,1-2H3,(H2,14,19,20)/t9-,10-/m0/s1. The first-order chi connectivity index (χ1) is 9.84. The topological polar surface area (TPSA) is 92.7 Å². The van der Waals surface area contributed by atoms with Crippen molar-refractivity contribution < 1.29 is 8.42 Å². The van der Waals surface area contributed by atoms with Crippen molar-refractivity contribution in [1.29, 1.82) is 0 Å². The largest absolute Gasteiger partial charge is 0.352 e. The molecule has 8 heteroatoms. The van der Waals surface area contributed by atoms with Gasteiger partial charge in [-0.15, -0.1) is 0 Å². The van der Waals surface area contributed by atoms with Gasteiger partial charge in [0.2, 0.25) is 10.0 Å². The molecular weight excluding hydrogens is 290 g/mol. The van der Waals surface area contributed by atoms with Gasteiger partial charge in [0, 0.05) is 31.4 Å². The van der Waals surface area contributed by atoms with Crippen LogP contribution in [0.5, 0.6) is 0 Å². The predicted octanol–water partition coefficient (Wildman–Crippen LogP) is 0.168. The van der Waals surface area contributed by atoms with E-state index in [4.69, 9.17) is 5.14 Å². The number of primary sulfonamides is 1. The Morgan fingerprint density at radius 2 is 1.95 bits per heavy atom. The van der Waals surface area contributed by atoms with Crippen molar-refractivity contribution >= 4 is 21.4 Å². The molecule has 0 unspecified atom stereocenters. The van der Waals surface area contributed by atoms with E-state index in [1.165, 1.54) is 12.3 Å². The minimum Gasteiger partial charge on any atom is -0.352 e. The molecule has 0 bridgehead atoms. The van der Waals surface area contributed by atoms with E-state index in [0.717, 1.165) is 24.4 Å². The Morgan fingerprint density at radius 1 is 1.29 bits per heavy atom. The molecule has 2 aromatic heterocycles. The summed E-state index contributed by atoms with van der Waals surface area (Å²) < 4.78 is 24.5. The predicted molar refractivity (Wildman–Crippen MR) is 80.8 cm³/mol. The first-order valence-electron chi connectivity index (χ1n) is 6.85. The van der Waals surface area contributed by atoms with Gasteiger partial charge in [0.15, 0.2) is 5.82 Å². The lowest BCUT2D eigenvalue weighted by Gasteiger charge is -2.36. The Hall–Kier alpha value is -1.64. The molecule has 2 atom stereocenters. The second-order valence-electron chi connectivity index (χ2n) is 5.64. The average molecular weight is 309 g/mol. The number of nitrogens with two attached hydrogens (primary N) is 1. The zero-order valence-corrected chi connectivity index (χ0v) is 12.8. The highest BCUT2D eigenvalue weighted by Gasteiger charge is 2.24. The number of imidazole rings is 1. The number of pyridine rings is 1. The second-order valence-corrected chi connectivity index (χ2v) is 7.21. The quantitative estimate of drug-likeness (QED) is 0.825. The number of anilines is 1. The smallest absolute Gasteiger partial charge is 0.239 e. The highest BCUT2D eigenvalue weighted by Crippen LogP contribution is 2.23. The molecule has 3 heterocycles. The van der Waals surface area contributed by atoms with Gasteiger partial charge in [-0.05, 0) is 26.0 Å². The molecule has 0 aromatic carbocycles. The van der Waals surface area contributed by atoms with Crippen LogP contribution in [-0.2, 0) is 10.0 Å². The Bertz CT molecular complexity index is 760. The molecule has 0 amide bonds. The average Bonchev–Trinajstić information content (AvgIpc) is 2.79. The molecule has 1 fully saturated rings. The normalized spacial score (nSPS) is 23.7. The minimum absolute atomic E-state index is 0.0843. The number of nitrogens with one attached hydrogen (secondary N) is 1. The van der Waals surface area contributed by atoms with Gasteiger partial charge in [-0.3, -0.25) is 0 Å². The number of hydrogen-bond donors (Lipinski definition) is 2. The van der Waals surface area contributed by atoms with E-state index in [9.17, 15) is 8.42 Å². The van der Waals surface area contributed by atoms with Crippen LogP contribution in [0.3, 0.4) is 0 Å². The third-order valence-electron chi connectivity index (χ3n) is 3.67. The minimum atomic E-state index is -3.70. The fourth-order valence-corrected chi connectivity index (χ4v) is 3.40. The fraction of sp³-hybridized carbons (Fsp3) is 0.462. The van der Waals surface area contributed by atoms with E-state index in [1.54, 1.807) is 16.8 Å². The summed E-state index contributed by atoms with van der Waals surface area (Å²) >= 11 is 0. The number of fused-ring (bicyclic) bond motifs is 1. The highest BCUT2D eigenvalue weighted by atomic mass is 32.2. The van der Waals surface area contributed by atoms with Crippen LogP contribution in [0.4, 0.5) is 5.82 Å². The molecule has 7 nitrogen and oxygen atoms in total. The molecule has 0 aliphatic carbocycles.